The highest BCUT2D eigenvalue weighted by Gasteiger charge is 2.31. The van der Waals surface area contributed by atoms with Gasteiger partial charge in [0.15, 0.2) is 5.78 Å². The third kappa shape index (κ3) is 4.66. The van der Waals surface area contributed by atoms with Crippen molar-refractivity contribution in [2.24, 2.45) is 4.40 Å². The van der Waals surface area contributed by atoms with Gasteiger partial charge < -0.3 is 5.32 Å². The standard InChI is InChI=1S/C15H16BrClN2O4S/c16-15(24(22,23)18-9-20)14(21)10-6-7-12(17)13(8-10)19-11-4-2-1-3-5-11/h6-8,11,15,19H,1-5H2. The molecular formula is C15H16BrClN2O4S. The minimum absolute atomic E-state index is 0.157. The van der Waals surface area contributed by atoms with E-state index in [0.717, 1.165) is 31.8 Å². The van der Waals surface area contributed by atoms with Crippen LogP contribution in [0.3, 0.4) is 0 Å². The Morgan fingerprint density at radius 3 is 2.62 bits per heavy atom. The Morgan fingerprint density at radius 2 is 2.00 bits per heavy atom. The number of isocyanates is 1. The van der Waals surface area contributed by atoms with Crippen molar-refractivity contribution in [1.29, 1.82) is 0 Å². The fourth-order valence-corrected chi connectivity index (χ4v) is 3.91. The van der Waals surface area contributed by atoms with Crippen LogP contribution in [0.5, 0.6) is 0 Å². The number of hydrogen-bond acceptors (Lipinski definition) is 5. The Bertz CT molecular complexity index is 772. The van der Waals surface area contributed by atoms with Gasteiger partial charge in [0.25, 0.3) is 16.1 Å². The molecule has 0 saturated heterocycles. The van der Waals surface area contributed by atoms with Crippen LogP contribution in [0.1, 0.15) is 42.5 Å². The molecule has 1 aromatic rings. The molecule has 1 aromatic carbocycles. The zero-order chi connectivity index (χ0) is 17.7. The van der Waals surface area contributed by atoms with Gasteiger partial charge in [-0.3, -0.25) is 4.79 Å². The number of Topliss-reactive ketones (excluding diaryl/α,β-unsaturated/α-hetero) is 1. The first-order valence-electron chi connectivity index (χ1n) is 7.42. The summed E-state index contributed by atoms with van der Waals surface area (Å²) in [5.41, 5.74) is 0.745. The summed E-state index contributed by atoms with van der Waals surface area (Å²) in [5, 5.41) is 3.77. The van der Waals surface area contributed by atoms with Crippen LogP contribution in [-0.2, 0) is 14.8 Å². The third-order valence-electron chi connectivity index (χ3n) is 3.85. The molecule has 0 spiro atoms. The molecule has 0 heterocycles. The SMILES string of the molecule is O=C=NS(=O)(=O)C(Br)C(=O)c1ccc(Cl)c(NC2CCCCC2)c1. The fourth-order valence-electron chi connectivity index (χ4n) is 2.62. The van der Waals surface area contributed by atoms with E-state index in [0.29, 0.717) is 10.7 Å². The molecular weight excluding hydrogens is 420 g/mol. The van der Waals surface area contributed by atoms with Crippen molar-refractivity contribution in [3.05, 3.63) is 28.8 Å². The number of anilines is 1. The molecule has 0 radical (unpaired) electrons. The van der Waals surface area contributed by atoms with Gasteiger partial charge in [-0.2, -0.15) is 0 Å². The van der Waals surface area contributed by atoms with Gasteiger partial charge in [0.2, 0.25) is 4.16 Å². The van der Waals surface area contributed by atoms with Crippen LogP contribution in [0.2, 0.25) is 5.02 Å². The lowest BCUT2D eigenvalue weighted by Gasteiger charge is -2.24. The first-order chi connectivity index (χ1) is 11.3. The molecule has 1 unspecified atom stereocenters. The molecule has 1 fully saturated rings. The molecule has 130 valence electrons. The summed E-state index contributed by atoms with van der Waals surface area (Å²) in [6.07, 6.45) is 6.48. The van der Waals surface area contributed by atoms with Gasteiger partial charge >= 0.3 is 0 Å². The lowest BCUT2D eigenvalue weighted by Crippen LogP contribution is -2.24. The fraction of sp³-hybridized carbons (Fsp3) is 0.467. The molecule has 1 aliphatic rings. The smallest absolute Gasteiger partial charge is 0.284 e. The predicted molar refractivity (Wildman–Crippen MR) is 96.0 cm³/mol. The largest absolute Gasteiger partial charge is 0.381 e. The molecule has 24 heavy (non-hydrogen) atoms. The van der Waals surface area contributed by atoms with Gasteiger partial charge in [-0.25, -0.2) is 13.2 Å². The van der Waals surface area contributed by atoms with E-state index in [1.807, 2.05) is 0 Å². The number of nitrogens with one attached hydrogen (secondary N) is 1. The molecule has 1 N–H and O–H groups in total. The average Bonchev–Trinajstić information content (AvgIpc) is 2.56. The van der Waals surface area contributed by atoms with Crippen molar-refractivity contribution in [3.8, 4) is 0 Å². The Hall–Kier alpha value is -1.21. The number of halogens is 2. The van der Waals surface area contributed by atoms with Crippen LogP contribution < -0.4 is 5.32 Å². The monoisotopic (exact) mass is 434 g/mol. The van der Waals surface area contributed by atoms with Crippen molar-refractivity contribution in [1.82, 2.24) is 0 Å². The number of hydrogen-bond donors (Lipinski definition) is 1. The molecule has 0 amide bonds. The lowest BCUT2D eigenvalue weighted by molar-refractivity contribution is 0.101. The summed E-state index contributed by atoms with van der Waals surface area (Å²) in [5.74, 6) is -0.725. The Balaban J connectivity index is 2.23. The second kappa shape index (κ2) is 8.25. The normalized spacial score (nSPS) is 16.9. The topological polar surface area (TPSA) is 92.7 Å². The quantitative estimate of drug-likeness (QED) is 0.319. The zero-order valence-electron chi connectivity index (χ0n) is 12.7. The van der Waals surface area contributed by atoms with Crippen LogP contribution in [0.15, 0.2) is 22.6 Å². The van der Waals surface area contributed by atoms with Gasteiger partial charge in [0.1, 0.15) is 0 Å². The summed E-state index contributed by atoms with van der Waals surface area (Å²) in [6.45, 7) is 0. The van der Waals surface area contributed by atoms with E-state index < -0.39 is 20.0 Å². The highest BCUT2D eigenvalue weighted by molar-refractivity contribution is 9.11. The van der Waals surface area contributed by atoms with Gasteiger partial charge in [-0.1, -0.05) is 51.2 Å². The van der Waals surface area contributed by atoms with Gasteiger partial charge in [0.05, 0.1) is 10.7 Å². The van der Waals surface area contributed by atoms with Crippen molar-refractivity contribution >= 4 is 55.1 Å². The van der Waals surface area contributed by atoms with Crippen molar-refractivity contribution < 1.29 is 18.0 Å². The maximum atomic E-state index is 12.3. The molecule has 0 aliphatic heterocycles. The number of rotatable bonds is 6. The summed E-state index contributed by atoms with van der Waals surface area (Å²) in [7, 11) is -4.29. The van der Waals surface area contributed by atoms with E-state index in [2.05, 4.69) is 25.6 Å². The minimum Gasteiger partial charge on any atom is -0.381 e. The van der Waals surface area contributed by atoms with E-state index in [4.69, 9.17) is 11.6 Å². The van der Waals surface area contributed by atoms with Crippen LogP contribution in [-0.4, -0.2) is 30.5 Å². The maximum Gasteiger partial charge on any atom is 0.284 e. The number of benzene rings is 1. The average molecular weight is 436 g/mol. The Labute approximate surface area is 153 Å². The molecule has 1 saturated carbocycles. The Kier molecular flexibility index (Phi) is 6.57. The van der Waals surface area contributed by atoms with Crippen LogP contribution in [0.4, 0.5) is 5.69 Å². The lowest BCUT2D eigenvalue weighted by atomic mass is 9.95. The maximum absolute atomic E-state index is 12.3. The second-order valence-corrected chi connectivity index (χ2v) is 9.16. The molecule has 0 bridgehead atoms. The first kappa shape index (κ1) is 19.1. The van der Waals surface area contributed by atoms with Crippen LogP contribution in [0, 0.1) is 0 Å². The predicted octanol–water partition coefficient (Wildman–Crippen LogP) is 3.65. The van der Waals surface area contributed by atoms with Crippen molar-refractivity contribution in [2.75, 3.05) is 5.32 Å². The van der Waals surface area contributed by atoms with Gasteiger partial charge in [-0.05, 0) is 31.0 Å². The molecule has 6 nitrogen and oxygen atoms in total. The van der Waals surface area contributed by atoms with Gasteiger partial charge in [-0.15, -0.1) is 0 Å². The number of ketones is 1. The minimum atomic E-state index is -4.29. The zero-order valence-corrected chi connectivity index (χ0v) is 15.8. The van der Waals surface area contributed by atoms with Crippen LogP contribution in [0.25, 0.3) is 0 Å². The number of carbonyl (C=O) groups excluding carboxylic acids is 2. The van der Waals surface area contributed by atoms with Crippen LogP contribution >= 0.6 is 27.5 Å². The number of sulfonamides is 1. The summed E-state index contributed by atoms with van der Waals surface area (Å²) in [4.78, 5) is 22.5. The summed E-state index contributed by atoms with van der Waals surface area (Å²) in [6, 6.07) is 4.78. The Morgan fingerprint density at radius 1 is 1.33 bits per heavy atom. The van der Waals surface area contributed by atoms with Crippen molar-refractivity contribution in [3.63, 3.8) is 0 Å². The van der Waals surface area contributed by atoms with E-state index in [1.165, 1.54) is 24.6 Å². The first-order valence-corrected chi connectivity index (χ1v) is 10.2. The highest BCUT2D eigenvalue weighted by Crippen LogP contribution is 2.29. The van der Waals surface area contributed by atoms with E-state index in [1.54, 1.807) is 0 Å². The van der Waals surface area contributed by atoms with E-state index >= 15 is 0 Å². The van der Waals surface area contributed by atoms with E-state index in [9.17, 15) is 18.0 Å². The molecule has 1 atom stereocenters. The summed E-state index contributed by atoms with van der Waals surface area (Å²) < 4.78 is 24.4. The van der Waals surface area contributed by atoms with Crippen molar-refractivity contribution in [2.45, 2.75) is 42.3 Å². The van der Waals surface area contributed by atoms with Gasteiger partial charge in [0, 0.05) is 11.6 Å². The molecule has 0 aromatic heterocycles. The highest BCUT2D eigenvalue weighted by atomic mass is 79.9. The summed E-state index contributed by atoms with van der Waals surface area (Å²) >= 11 is 8.95. The molecule has 9 heteroatoms. The third-order valence-corrected chi connectivity index (χ3v) is 7.08. The molecule has 2 rings (SSSR count). The number of nitrogens with zero attached hydrogens (tertiary/aromatic N) is 1. The molecule has 1 aliphatic carbocycles. The number of alkyl halides is 1. The van der Waals surface area contributed by atoms with E-state index in [-0.39, 0.29) is 11.6 Å². The number of carbonyl (C=O) groups is 1. The second-order valence-electron chi connectivity index (χ2n) is 5.55.